The topological polar surface area (TPSA) is 38.3 Å². The van der Waals surface area contributed by atoms with E-state index in [-0.39, 0.29) is 24.0 Å². The third-order valence-corrected chi connectivity index (χ3v) is 4.50. The van der Waals surface area contributed by atoms with Gasteiger partial charge in [-0.25, -0.2) is 0 Å². The first-order chi connectivity index (χ1) is 8.20. The fourth-order valence-corrected chi connectivity index (χ4v) is 3.05. The Bertz CT molecular complexity index is 259. The highest BCUT2D eigenvalue weighted by molar-refractivity contribution is 5.79. The van der Waals surface area contributed by atoms with Crippen molar-refractivity contribution in [1.29, 1.82) is 0 Å². The van der Waals surface area contributed by atoms with Gasteiger partial charge >= 0.3 is 0 Å². The van der Waals surface area contributed by atoms with Gasteiger partial charge in [-0.15, -0.1) is 0 Å². The normalized spacial score (nSPS) is 38.0. The van der Waals surface area contributed by atoms with Crippen LogP contribution < -0.4 is 5.32 Å². The largest absolute Gasteiger partial charge is 0.376 e. The standard InChI is InChI=1S/C14H25NO2/c1-3-11-4-6-12(7-5-11)14(16)15-13-8-9-17-10(13)2/h10-13H,3-9H2,1-2H3,(H,15,16)/t10-,11?,12?,13+/m0/s1. The molecule has 1 amide bonds. The number of ether oxygens (including phenoxy) is 1. The second-order valence-electron chi connectivity index (χ2n) is 5.61. The van der Waals surface area contributed by atoms with Gasteiger partial charge in [0, 0.05) is 12.5 Å². The van der Waals surface area contributed by atoms with Gasteiger partial charge < -0.3 is 10.1 Å². The molecule has 0 spiro atoms. The molecular formula is C14H25NO2. The van der Waals surface area contributed by atoms with E-state index in [1.807, 2.05) is 6.92 Å². The van der Waals surface area contributed by atoms with E-state index in [1.165, 1.54) is 19.3 Å². The van der Waals surface area contributed by atoms with Crippen molar-refractivity contribution in [1.82, 2.24) is 5.32 Å². The van der Waals surface area contributed by atoms with Gasteiger partial charge in [0.15, 0.2) is 0 Å². The molecule has 0 aromatic carbocycles. The Labute approximate surface area is 104 Å². The summed E-state index contributed by atoms with van der Waals surface area (Å²) in [5.41, 5.74) is 0. The molecule has 1 aliphatic carbocycles. The Kier molecular flexibility index (Phi) is 4.43. The van der Waals surface area contributed by atoms with E-state index in [1.54, 1.807) is 0 Å². The summed E-state index contributed by atoms with van der Waals surface area (Å²) in [5, 5.41) is 3.17. The van der Waals surface area contributed by atoms with Crippen molar-refractivity contribution in [3.8, 4) is 0 Å². The van der Waals surface area contributed by atoms with Crippen LogP contribution in [-0.2, 0) is 9.53 Å². The van der Waals surface area contributed by atoms with Crippen molar-refractivity contribution in [2.45, 2.75) is 64.5 Å². The van der Waals surface area contributed by atoms with Gasteiger partial charge in [0.1, 0.15) is 0 Å². The van der Waals surface area contributed by atoms with Crippen molar-refractivity contribution >= 4 is 5.91 Å². The maximum absolute atomic E-state index is 12.1. The average Bonchev–Trinajstić information content (AvgIpc) is 2.75. The fraction of sp³-hybridized carbons (Fsp3) is 0.929. The molecule has 1 aliphatic heterocycles. The first-order valence-corrected chi connectivity index (χ1v) is 7.12. The summed E-state index contributed by atoms with van der Waals surface area (Å²) in [6, 6.07) is 0.242. The summed E-state index contributed by atoms with van der Waals surface area (Å²) in [4.78, 5) is 12.1. The smallest absolute Gasteiger partial charge is 0.223 e. The van der Waals surface area contributed by atoms with Crippen LogP contribution in [0.15, 0.2) is 0 Å². The van der Waals surface area contributed by atoms with Gasteiger partial charge in [-0.2, -0.15) is 0 Å². The number of amides is 1. The lowest BCUT2D eigenvalue weighted by Crippen LogP contribution is -2.43. The summed E-state index contributed by atoms with van der Waals surface area (Å²) in [5.74, 6) is 1.38. The van der Waals surface area contributed by atoms with Crippen molar-refractivity contribution in [3.63, 3.8) is 0 Å². The van der Waals surface area contributed by atoms with Gasteiger partial charge in [0.2, 0.25) is 5.91 Å². The van der Waals surface area contributed by atoms with Crippen LogP contribution in [0.1, 0.15) is 52.4 Å². The van der Waals surface area contributed by atoms with Crippen LogP contribution in [0.3, 0.4) is 0 Å². The van der Waals surface area contributed by atoms with E-state index < -0.39 is 0 Å². The molecule has 1 N–H and O–H groups in total. The number of nitrogens with one attached hydrogen (secondary N) is 1. The number of carbonyl (C=O) groups excluding carboxylic acids is 1. The summed E-state index contributed by atoms with van der Waals surface area (Å²) in [6.45, 7) is 5.09. The maximum Gasteiger partial charge on any atom is 0.223 e. The lowest BCUT2D eigenvalue weighted by atomic mass is 9.80. The van der Waals surface area contributed by atoms with Crippen LogP contribution in [0.4, 0.5) is 0 Å². The molecule has 2 rings (SSSR count). The zero-order valence-corrected chi connectivity index (χ0v) is 11.1. The molecule has 3 heteroatoms. The first-order valence-electron chi connectivity index (χ1n) is 7.12. The molecule has 3 nitrogen and oxygen atoms in total. The predicted octanol–water partition coefficient (Wildman–Crippen LogP) is 2.50. The van der Waals surface area contributed by atoms with Crippen molar-refractivity contribution in [3.05, 3.63) is 0 Å². The van der Waals surface area contributed by atoms with Gasteiger partial charge in [0.05, 0.1) is 12.1 Å². The molecule has 1 heterocycles. The molecule has 0 aromatic heterocycles. The fourth-order valence-electron chi connectivity index (χ4n) is 3.05. The van der Waals surface area contributed by atoms with E-state index in [0.29, 0.717) is 0 Å². The molecule has 0 unspecified atom stereocenters. The Balaban J connectivity index is 1.77. The summed E-state index contributed by atoms with van der Waals surface area (Å²) in [7, 11) is 0. The quantitative estimate of drug-likeness (QED) is 0.821. The first kappa shape index (κ1) is 12.9. The molecule has 1 saturated carbocycles. The van der Waals surface area contributed by atoms with Gasteiger partial charge in [-0.3, -0.25) is 4.79 Å². The Morgan fingerprint density at radius 3 is 2.47 bits per heavy atom. The molecule has 0 radical (unpaired) electrons. The number of rotatable bonds is 3. The predicted molar refractivity (Wildman–Crippen MR) is 67.7 cm³/mol. The average molecular weight is 239 g/mol. The van der Waals surface area contributed by atoms with Crippen LogP contribution in [0.25, 0.3) is 0 Å². The monoisotopic (exact) mass is 239 g/mol. The van der Waals surface area contributed by atoms with E-state index in [0.717, 1.165) is 31.8 Å². The van der Waals surface area contributed by atoms with Crippen molar-refractivity contribution in [2.24, 2.45) is 11.8 Å². The van der Waals surface area contributed by atoms with Crippen LogP contribution in [0.5, 0.6) is 0 Å². The Morgan fingerprint density at radius 1 is 1.24 bits per heavy atom. The van der Waals surface area contributed by atoms with Gasteiger partial charge in [0.25, 0.3) is 0 Å². The van der Waals surface area contributed by atoms with Crippen LogP contribution in [-0.4, -0.2) is 24.7 Å². The third kappa shape index (κ3) is 3.21. The minimum atomic E-state index is 0.186. The number of carbonyl (C=O) groups is 1. The molecule has 0 bridgehead atoms. The van der Waals surface area contributed by atoms with E-state index in [4.69, 9.17) is 4.74 Å². The second-order valence-corrected chi connectivity index (χ2v) is 5.61. The van der Waals surface area contributed by atoms with Crippen molar-refractivity contribution < 1.29 is 9.53 Å². The van der Waals surface area contributed by atoms with E-state index in [2.05, 4.69) is 12.2 Å². The molecule has 2 fully saturated rings. The van der Waals surface area contributed by atoms with Gasteiger partial charge in [-0.05, 0) is 44.9 Å². The minimum Gasteiger partial charge on any atom is -0.376 e. The molecular weight excluding hydrogens is 214 g/mol. The van der Waals surface area contributed by atoms with E-state index >= 15 is 0 Å². The van der Waals surface area contributed by atoms with Crippen LogP contribution in [0.2, 0.25) is 0 Å². The molecule has 98 valence electrons. The Hall–Kier alpha value is -0.570. The zero-order valence-electron chi connectivity index (χ0n) is 11.1. The van der Waals surface area contributed by atoms with Crippen LogP contribution in [0, 0.1) is 11.8 Å². The molecule has 2 aliphatic rings. The van der Waals surface area contributed by atoms with Crippen LogP contribution >= 0.6 is 0 Å². The number of hydrogen-bond acceptors (Lipinski definition) is 2. The second kappa shape index (κ2) is 5.85. The zero-order chi connectivity index (χ0) is 12.3. The maximum atomic E-state index is 12.1. The minimum absolute atomic E-state index is 0.186. The molecule has 17 heavy (non-hydrogen) atoms. The highest BCUT2D eigenvalue weighted by Gasteiger charge is 2.30. The Morgan fingerprint density at radius 2 is 1.94 bits per heavy atom. The summed E-state index contributed by atoms with van der Waals surface area (Å²) in [6.07, 6.45) is 7.03. The highest BCUT2D eigenvalue weighted by atomic mass is 16.5. The highest BCUT2D eigenvalue weighted by Crippen LogP contribution is 2.31. The SMILES string of the molecule is CCC1CCC(C(=O)N[C@@H]2CCO[C@H]2C)CC1. The summed E-state index contributed by atoms with van der Waals surface area (Å²) >= 11 is 0. The third-order valence-electron chi connectivity index (χ3n) is 4.50. The summed E-state index contributed by atoms with van der Waals surface area (Å²) < 4.78 is 5.47. The lowest BCUT2D eigenvalue weighted by Gasteiger charge is -2.28. The van der Waals surface area contributed by atoms with E-state index in [9.17, 15) is 4.79 Å². The lowest BCUT2D eigenvalue weighted by molar-refractivity contribution is -0.127. The molecule has 2 atom stereocenters. The number of hydrogen-bond donors (Lipinski definition) is 1. The van der Waals surface area contributed by atoms with Gasteiger partial charge in [-0.1, -0.05) is 13.3 Å². The van der Waals surface area contributed by atoms with Crippen molar-refractivity contribution in [2.75, 3.05) is 6.61 Å². The molecule has 1 saturated heterocycles. The molecule has 0 aromatic rings.